The van der Waals surface area contributed by atoms with Gasteiger partial charge in [0.05, 0.1) is 5.56 Å². The van der Waals surface area contributed by atoms with Crippen molar-refractivity contribution in [2.24, 2.45) is 5.92 Å². The standard InChI is InChI=1S/C25H29N5O3/c1-3-19-12-21(9-8-17(19)2)27-22-13-23(31)30(25(33)28-22)16-18-6-5-11-29(15-18)24(32)20-7-4-10-26-14-20/h4,7-10,12-14,18,27H,3,5-6,11,15-16H2,1-2H3,(H,28,33). The molecule has 1 fully saturated rings. The minimum absolute atomic E-state index is 0.0289. The van der Waals surface area contributed by atoms with E-state index in [0.29, 0.717) is 24.5 Å². The number of rotatable bonds is 6. The highest BCUT2D eigenvalue weighted by molar-refractivity contribution is 5.93. The molecule has 1 saturated heterocycles. The van der Waals surface area contributed by atoms with Crippen molar-refractivity contribution in [1.82, 2.24) is 19.4 Å². The van der Waals surface area contributed by atoms with Crippen LogP contribution >= 0.6 is 0 Å². The summed E-state index contributed by atoms with van der Waals surface area (Å²) < 4.78 is 1.22. The molecule has 33 heavy (non-hydrogen) atoms. The third-order valence-corrected chi connectivity index (χ3v) is 6.19. The number of anilines is 2. The van der Waals surface area contributed by atoms with Crippen LogP contribution in [0.4, 0.5) is 11.5 Å². The molecule has 0 spiro atoms. The van der Waals surface area contributed by atoms with Crippen LogP contribution in [0.3, 0.4) is 0 Å². The smallest absolute Gasteiger partial charge is 0.329 e. The maximum atomic E-state index is 12.8. The lowest BCUT2D eigenvalue weighted by molar-refractivity contribution is 0.0660. The van der Waals surface area contributed by atoms with Crippen LogP contribution in [0.5, 0.6) is 0 Å². The third kappa shape index (κ3) is 5.22. The zero-order valence-electron chi connectivity index (χ0n) is 19.0. The van der Waals surface area contributed by atoms with Gasteiger partial charge in [-0.3, -0.25) is 24.1 Å². The van der Waals surface area contributed by atoms with Crippen molar-refractivity contribution < 1.29 is 4.79 Å². The molecule has 172 valence electrons. The van der Waals surface area contributed by atoms with Crippen LogP contribution in [-0.2, 0) is 13.0 Å². The van der Waals surface area contributed by atoms with Gasteiger partial charge in [-0.15, -0.1) is 0 Å². The number of hydrogen-bond donors (Lipinski definition) is 2. The number of likely N-dealkylation sites (tertiary alicyclic amines) is 1. The SMILES string of the molecule is CCc1cc(Nc2cc(=O)n(CC3CCCN(C(=O)c4cccnc4)C3)c(=O)[nH]2)ccc1C. The minimum Gasteiger partial charge on any atom is -0.342 e. The predicted octanol–water partition coefficient (Wildman–Crippen LogP) is 3.10. The van der Waals surface area contributed by atoms with E-state index in [1.54, 1.807) is 29.4 Å². The zero-order valence-corrected chi connectivity index (χ0v) is 19.0. The number of hydrogen-bond acceptors (Lipinski definition) is 5. The molecule has 1 amide bonds. The van der Waals surface area contributed by atoms with Gasteiger partial charge >= 0.3 is 5.69 Å². The lowest BCUT2D eigenvalue weighted by Gasteiger charge is -2.32. The summed E-state index contributed by atoms with van der Waals surface area (Å²) in [5.41, 5.74) is 2.96. The van der Waals surface area contributed by atoms with Crippen molar-refractivity contribution in [3.63, 3.8) is 0 Å². The van der Waals surface area contributed by atoms with Gasteiger partial charge < -0.3 is 10.2 Å². The van der Waals surface area contributed by atoms with Crippen LogP contribution in [0.15, 0.2) is 58.4 Å². The first-order valence-electron chi connectivity index (χ1n) is 11.3. The van der Waals surface area contributed by atoms with E-state index in [-0.39, 0.29) is 23.9 Å². The number of carbonyl (C=O) groups excluding carboxylic acids is 1. The lowest BCUT2D eigenvalue weighted by Crippen LogP contribution is -2.44. The Morgan fingerprint density at radius 2 is 2.09 bits per heavy atom. The van der Waals surface area contributed by atoms with Crippen molar-refractivity contribution in [3.05, 3.63) is 86.3 Å². The predicted molar refractivity (Wildman–Crippen MR) is 128 cm³/mol. The molecule has 3 aromatic rings. The van der Waals surface area contributed by atoms with Gasteiger partial charge in [-0.2, -0.15) is 0 Å². The summed E-state index contributed by atoms with van der Waals surface area (Å²) in [6.45, 7) is 5.58. The Hall–Kier alpha value is -3.68. The number of aromatic nitrogens is 3. The van der Waals surface area contributed by atoms with E-state index in [9.17, 15) is 14.4 Å². The van der Waals surface area contributed by atoms with Gasteiger partial charge in [-0.1, -0.05) is 13.0 Å². The topological polar surface area (TPSA) is 100 Å². The fourth-order valence-electron chi connectivity index (χ4n) is 4.37. The monoisotopic (exact) mass is 447 g/mol. The summed E-state index contributed by atoms with van der Waals surface area (Å²) in [4.78, 5) is 46.8. The van der Waals surface area contributed by atoms with E-state index in [4.69, 9.17) is 0 Å². The number of pyridine rings is 1. The molecule has 0 radical (unpaired) electrons. The van der Waals surface area contributed by atoms with Crippen molar-refractivity contribution in [2.45, 2.75) is 39.7 Å². The van der Waals surface area contributed by atoms with E-state index in [0.717, 1.165) is 24.9 Å². The fraction of sp³-hybridized carbons (Fsp3) is 0.360. The number of H-pyrrole nitrogens is 1. The van der Waals surface area contributed by atoms with Gasteiger partial charge in [-0.05, 0) is 67.5 Å². The summed E-state index contributed by atoms with van der Waals surface area (Å²) in [5.74, 6) is 0.323. The number of aromatic amines is 1. The molecular weight excluding hydrogens is 418 g/mol. The Bertz CT molecular complexity index is 1220. The molecule has 8 heteroatoms. The molecule has 2 aromatic heterocycles. The average molecular weight is 448 g/mol. The van der Waals surface area contributed by atoms with Crippen LogP contribution in [0.2, 0.25) is 0 Å². The third-order valence-electron chi connectivity index (χ3n) is 6.19. The van der Waals surface area contributed by atoms with Crippen molar-refractivity contribution >= 4 is 17.4 Å². The summed E-state index contributed by atoms with van der Waals surface area (Å²) in [6.07, 6.45) is 5.78. The number of piperidine rings is 1. The van der Waals surface area contributed by atoms with Crippen molar-refractivity contribution in [2.75, 3.05) is 18.4 Å². The first-order valence-corrected chi connectivity index (χ1v) is 11.3. The fourth-order valence-corrected chi connectivity index (χ4v) is 4.37. The van der Waals surface area contributed by atoms with Crippen LogP contribution in [-0.4, -0.2) is 38.4 Å². The number of benzene rings is 1. The van der Waals surface area contributed by atoms with Crippen LogP contribution in [0.1, 0.15) is 41.3 Å². The lowest BCUT2D eigenvalue weighted by atomic mass is 9.97. The summed E-state index contributed by atoms with van der Waals surface area (Å²) in [5, 5.41) is 3.13. The van der Waals surface area contributed by atoms with Gasteiger partial charge in [0, 0.05) is 43.8 Å². The number of carbonyl (C=O) groups is 1. The van der Waals surface area contributed by atoms with E-state index < -0.39 is 5.69 Å². The van der Waals surface area contributed by atoms with E-state index >= 15 is 0 Å². The maximum absolute atomic E-state index is 12.8. The van der Waals surface area contributed by atoms with Crippen molar-refractivity contribution in [1.29, 1.82) is 0 Å². The Kier molecular flexibility index (Phi) is 6.72. The number of aryl methyl sites for hydroxylation is 2. The molecule has 4 rings (SSSR count). The largest absolute Gasteiger partial charge is 0.342 e. The van der Waals surface area contributed by atoms with Gasteiger partial charge in [-0.25, -0.2) is 4.79 Å². The molecule has 1 atom stereocenters. The molecule has 3 heterocycles. The van der Waals surface area contributed by atoms with Crippen LogP contribution < -0.4 is 16.6 Å². The highest BCUT2D eigenvalue weighted by Gasteiger charge is 2.25. The summed E-state index contributed by atoms with van der Waals surface area (Å²) in [6, 6.07) is 10.9. The zero-order chi connectivity index (χ0) is 23.4. The second kappa shape index (κ2) is 9.85. The van der Waals surface area contributed by atoms with Crippen LogP contribution in [0.25, 0.3) is 0 Å². The van der Waals surface area contributed by atoms with Gasteiger partial charge in [0.2, 0.25) is 0 Å². The molecule has 1 aromatic carbocycles. The number of nitrogens with one attached hydrogen (secondary N) is 2. The highest BCUT2D eigenvalue weighted by Crippen LogP contribution is 2.20. The van der Waals surface area contributed by atoms with Gasteiger partial charge in [0.15, 0.2) is 0 Å². The Morgan fingerprint density at radius 1 is 1.24 bits per heavy atom. The van der Waals surface area contributed by atoms with E-state index in [1.165, 1.54) is 21.8 Å². The first-order chi connectivity index (χ1) is 15.9. The second-order valence-corrected chi connectivity index (χ2v) is 8.56. The van der Waals surface area contributed by atoms with Crippen molar-refractivity contribution in [3.8, 4) is 0 Å². The Balaban J connectivity index is 1.47. The van der Waals surface area contributed by atoms with Gasteiger partial charge in [0.25, 0.3) is 11.5 Å². The molecular formula is C25H29N5O3. The van der Waals surface area contributed by atoms with Crippen LogP contribution in [0, 0.1) is 12.8 Å². The Labute approximate surface area is 192 Å². The molecule has 1 aliphatic heterocycles. The second-order valence-electron chi connectivity index (χ2n) is 8.56. The molecule has 8 nitrogen and oxygen atoms in total. The molecule has 1 aliphatic rings. The summed E-state index contributed by atoms with van der Waals surface area (Å²) >= 11 is 0. The van der Waals surface area contributed by atoms with E-state index in [2.05, 4.69) is 29.1 Å². The molecule has 0 saturated carbocycles. The molecule has 2 N–H and O–H groups in total. The average Bonchev–Trinajstić information content (AvgIpc) is 2.83. The molecule has 1 unspecified atom stereocenters. The summed E-state index contributed by atoms with van der Waals surface area (Å²) in [7, 11) is 0. The molecule has 0 bridgehead atoms. The maximum Gasteiger partial charge on any atom is 0.329 e. The Morgan fingerprint density at radius 3 is 2.82 bits per heavy atom. The number of nitrogens with zero attached hydrogens (tertiary/aromatic N) is 3. The normalized spacial score (nSPS) is 15.9. The first kappa shape index (κ1) is 22.5. The quantitative estimate of drug-likeness (QED) is 0.605. The number of amides is 1. The molecule has 0 aliphatic carbocycles. The minimum atomic E-state index is -0.455. The van der Waals surface area contributed by atoms with Gasteiger partial charge in [0.1, 0.15) is 5.82 Å². The highest BCUT2D eigenvalue weighted by atomic mass is 16.2. The van der Waals surface area contributed by atoms with E-state index in [1.807, 2.05) is 18.2 Å².